The topological polar surface area (TPSA) is 96.0 Å². The number of halogens is 2. The van der Waals surface area contributed by atoms with Gasteiger partial charge in [0.25, 0.3) is 10.0 Å². The number of anilines is 1. The molecule has 1 aliphatic carbocycles. The van der Waals surface area contributed by atoms with Gasteiger partial charge in [-0.2, -0.15) is 0 Å². The molecule has 0 spiro atoms. The van der Waals surface area contributed by atoms with E-state index in [1.165, 1.54) is 24.1 Å². The zero-order valence-corrected chi connectivity index (χ0v) is 26.9. The third-order valence-electron chi connectivity index (χ3n) is 7.69. The smallest absolute Gasteiger partial charge is 0.264 e. The van der Waals surface area contributed by atoms with Crippen molar-refractivity contribution in [2.24, 2.45) is 0 Å². The summed E-state index contributed by atoms with van der Waals surface area (Å²) in [5.41, 5.74) is 1.56. The first kappa shape index (κ1) is 32.6. The molecule has 2 amide bonds. The van der Waals surface area contributed by atoms with Crippen molar-refractivity contribution in [1.82, 2.24) is 10.2 Å². The number of sulfonamides is 1. The molecule has 0 saturated heterocycles. The summed E-state index contributed by atoms with van der Waals surface area (Å²) in [7, 11) is -2.79. The quantitative estimate of drug-likeness (QED) is 0.261. The van der Waals surface area contributed by atoms with Gasteiger partial charge in [0, 0.05) is 22.6 Å². The highest BCUT2D eigenvalue weighted by Gasteiger charge is 2.34. The molecule has 8 nitrogen and oxygen atoms in total. The third kappa shape index (κ3) is 8.02. The molecule has 0 radical (unpaired) electrons. The summed E-state index contributed by atoms with van der Waals surface area (Å²) in [5.74, 6) is -0.607. The van der Waals surface area contributed by atoms with Crippen LogP contribution in [0.5, 0.6) is 5.75 Å². The van der Waals surface area contributed by atoms with Crippen LogP contribution in [-0.4, -0.2) is 50.9 Å². The van der Waals surface area contributed by atoms with E-state index in [9.17, 15) is 18.0 Å². The Morgan fingerprint density at radius 3 is 2.35 bits per heavy atom. The molecule has 3 aromatic rings. The molecule has 230 valence electrons. The zero-order chi connectivity index (χ0) is 31.1. The van der Waals surface area contributed by atoms with Crippen molar-refractivity contribution in [2.75, 3.05) is 18.0 Å². The molecule has 0 bridgehead atoms. The highest BCUT2D eigenvalue weighted by atomic mass is 35.5. The first-order chi connectivity index (χ1) is 20.5. The van der Waals surface area contributed by atoms with E-state index >= 15 is 0 Å². The maximum atomic E-state index is 14.2. The minimum absolute atomic E-state index is 0.0155. The van der Waals surface area contributed by atoms with Crippen LogP contribution < -0.4 is 14.4 Å². The Bertz CT molecular complexity index is 1550. The Labute approximate surface area is 264 Å². The summed E-state index contributed by atoms with van der Waals surface area (Å²) in [6.45, 7) is 2.86. The number of carbonyl (C=O) groups is 2. The molecule has 0 unspecified atom stereocenters. The van der Waals surface area contributed by atoms with Crippen molar-refractivity contribution in [3.63, 3.8) is 0 Å². The fraction of sp³-hybridized carbons (Fsp3) is 0.375. The summed E-state index contributed by atoms with van der Waals surface area (Å²) < 4.78 is 34.7. The van der Waals surface area contributed by atoms with Crippen LogP contribution >= 0.6 is 23.2 Å². The number of hydrogen-bond donors (Lipinski definition) is 1. The van der Waals surface area contributed by atoms with E-state index in [-0.39, 0.29) is 34.8 Å². The Morgan fingerprint density at radius 1 is 1.00 bits per heavy atom. The van der Waals surface area contributed by atoms with Crippen LogP contribution in [0.4, 0.5) is 5.69 Å². The first-order valence-electron chi connectivity index (χ1n) is 14.3. The van der Waals surface area contributed by atoms with Crippen molar-refractivity contribution in [2.45, 2.75) is 69.5 Å². The monoisotopic (exact) mass is 645 g/mol. The summed E-state index contributed by atoms with van der Waals surface area (Å²) in [6, 6.07) is 17.0. The van der Waals surface area contributed by atoms with E-state index < -0.39 is 28.5 Å². The van der Waals surface area contributed by atoms with Gasteiger partial charge in [-0.3, -0.25) is 13.9 Å². The predicted octanol–water partition coefficient (Wildman–Crippen LogP) is 6.37. The van der Waals surface area contributed by atoms with Crippen LogP contribution in [0.2, 0.25) is 10.0 Å². The lowest BCUT2D eigenvalue weighted by atomic mass is 9.95. The number of carbonyl (C=O) groups excluding carboxylic acids is 2. The largest absolute Gasteiger partial charge is 0.495 e. The van der Waals surface area contributed by atoms with Crippen LogP contribution in [0.15, 0.2) is 71.6 Å². The maximum absolute atomic E-state index is 14.2. The van der Waals surface area contributed by atoms with E-state index in [2.05, 4.69) is 5.32 Å². The second-order valence-corrected chi connectivity index (χ2v) is 13.5. The average molecular weight is 647 g/mol. The number of methoxy groups -OCH3 is 1. The number of ether oxygens (including phenoxy) is 1. The molecular formula is C32H37Cl2N3O5S. The molecule has 11 heteroatoms. The van der Waals surface area contributed by atoms with E-state index in [0.717, 1.165) is 42.0 Å². The molecule has 4 rings (SSSR count). The van der Waals surface area contributed by atoms with Gasteiger partial charge in [0.2, 0.25) is 11.8 Å². The molecule has 1 aliphatic rings. The highest BCUT2D eigenvalue weighted by molar-refractivity contribution is 7.92. The van der Waals surface area contributed by atoms with Gasteiger partial charge in [0.05, 0.1) is 17.7 Å². The van der Waals surface area contributed by atoms with Gasteiger partial charge in [-0.15, -0.1) is 0 Å². The van der Waals surface area contributed by atoms with Crippen LogP contribution in [0.3, 0.4) is 0 Å². The van der Waals surface area contributed by atoms with Gasteiger partial charge in [-0.1, -0.05) is 72.8 Å². The van der Waals surface area contributed by atoms with Gasteiger partial charge < -0.3 is 15.0 Å². The fourth-order valence-electron chi connectivity index (χ4n) is 5.21. The van der Waals surface area contributed by atoms with Crippen LogP contribution in [0.1, 0.15) is 50.2 Å². The summed E-state index contributed by atoms with van der Waals surface area (Å²) in [6.07, 6.45) is 4.97. The van der Waals surface area contributed by atoms with Crippen molar-refractivity contribution < 1.29 is 22.7 Å². The van der Waals surface area contributed by atoms with Crippen LogP contribution in [0.25, 0.3) is 0 Å². The van der Waals surface area contributed by atoms with E-state index in [1.54, 1.807) is 61.5 Å². The van der Waals surface area contributed by atoms with E-state index in [1.807, 2.05) is 6.92 Å². The SMILES string of the molecule is COc1ccc(C)cc1N(CC(=O)N(Cc1ccc(Cl)cc1Cl)[C@H](C)C(=O)NC1CCCCC1)S(=O)(=O)c1ccccc1. The number of rotatable bonds is 11. The molecule has 0 aliphatic heterocycles. The number of benzene rings is 3. The molecule has 1 atom stereocenters. The molecule has 0 aromatic heterocycles. The van der Waals surface area contributed by atoms with Gasteiger partial charge in [0.1, 0.15) is 18.3 Å². The molecular weight excluding hydrogens is 609 g/mol. The molecule has 43 heavy (non-hydrogen) atoms. The number of hydrogen-bond acceptors (Lipinski definition) is 5. The van der Waals surface area contributed by atoms with Crippen molar-refractivity contribution in [3.05, 3.63) is 87.9 Å². The molecule has 1 fully saturated rings. The molecule has 0 heterocycles. The standard InChI is InChI=1S/C32H37Cl2N3O5S/c1-22-14-17-30(42-3)29(18-22)37(43(40,41)27-12-8-5-9-13-27)21-31(38)36(20-24-15-16-25(33)19-28(24)34)23(2)32(39)35-26-10-6-4-7-11-26/h5,8-9,12-19,23,26H,4,6-7,10-11,20-21H2,1-3H3,(H,35,39)/t23-/m1/s1. The molecule has 1 saturated carbocycles. The average Bonchev–Trinajstić information content (AvgIpc) is 3.00. The third-order valence-corrected chi connectivity index (χ3v) is 10.0. The number of nitrogens with zero attached hydrogens (tertiary/aromatic N) is 2. The van der Waals surface area contributed by atoms with Crippen molar-refractivity contribution in [3.8, 4) is 5.75 Å². The van der Waals surface area contributed by atoms with Gasteiger partial charge in [-0.05, 0) is 74.2 Å². The highest BCUT2D eigenvalue weighted by Crippen LogP contribution is 2.34. The van der Waals surface area contributed by atoms with Crippen molar-refractivity contribution >= 4 is 50.7 Å². The van der Waals surface area contributed by atoms with Crippen LogP contribution in [-0.2, 0) is 26.2 Å². The second-order valence-electron chi connectivity index (χ2n) is 10.8. The number of nitrogens with one attached hydrogen (secondary N) is 1. The fourth-order valence-corrected chi connectivity index (χ4v) is 7.12. The Morgan fingerprint density at radius 2 is 1.70 bits per heavy atom. The Kier molecular flexibility index (Phi) is 11.0. The minimum Gasteiger partial charge on any atom is -0.495 e. The lowest BCUT2D eigenvalue weighted by Crippen LogP contribution is -2.53. The molecule has 1 N–H and O–H groups in total. The minimum atomic E-state index is -4.23. The second kappa shape index (κ2) is 14.5. The Hall–Kier alpha value is -3.27. The van der Waals surface area contributed by atoms with E-state index in [0.29, 0.717) is 15.6 Å². The summed E-state index contributed by atoms with van der Waals surface area (Å²) >= 11 is 12.6. The maximum Gasteiger partial charge on any atom is 0.264 e. The first-order valence-corrected chi connectivity index (χ1v) is 16.5. The number of aryl methyl sites for hydroxylation is 1. The predicted molar refractivity (Wildman–Crippen MR) is 170 cm³/mol. The normalized spacial score (nSPS) is 14.5. The molecule has 3 aromatic carbocycles. The van der Waals surface area contributed by atoms with Gasteiger partial charge in [0.15, 0.2) is 0 Å². The lowest BCUT2D eigenvalue weighted by molar-refractivity contribution is -0.139. The number of amides is 2. The van der Waals surface area contributed by atoms with E-state index in [4.69, 9.17) is 27.9 Å². The lowest BCUT2D eigenvalue weighted by Gasteiger charge is -2.33. The van der Waals surface area contributed by atoms with Gasteiger partial charge >= 0.3 is 0 Å². The Balaban J connectivity index is 1.74. The summed E-state index contributed by atoms with van der Waals surface area (Å²) in [4.78, 5) is 29.1. The van der Waals surface area contributed by atoms with Gasteiger partial charge in [-0.25, -0.2) is 8.42 Å². The summed E-state index contributed by atoms with van der Waals surface area (Å²) in [5, 5.41) is 3.86. The van der Waals surface area contributed by atoms with Crippen molar-refractivity contribution in [1.29, 1.82) is 0 Å². The zero-order valence-electron chi connectivity index (χ0n) is 24.6. The van der Waals surface area contributed by atoms with Crippen LogP contribution in [0, 0.1) is 6.92 Å².